The number of nitrogens with one attached hydrogen (secondary N) is 1. The molecule has 13 heavy (non-hydrogen) atoms. The molecule has 0 aromatic heterocycles. The topological polar surface area (TPSA) is 29.1 Å². The highest BCUT2D eigenvalue weighted by molar-refractivity contribution is 6.45. The second-order valence-corrected chi connectivity index (χ2v) is 3.00. The maximum absolute atomic E-state index is 12.3. The van der Waals surface area contributed by atoms with Crippen LogP contribution in [-0.4, -0.2) is 19.1 Å². The number of hydrogen-bond acceptors (Lipinski definition) is 1. The fraction of sp³-hybridized carbons (Fsp3) is 0.875. The van der Waals surface area contributed by atoms with Gasteiger partial charge in [-0.2, -0.15) is 0 Å². The van der Waals surface area contributed by atoms with Crippen LogP contribution < -0.4 is 5.32 Å². The second kappa shape index (κ2) is 6.86. The lowest BCUT2D eigenvalue weighted by molar-refractivity contribution is -0.121. The van der Waals surface area contributed by atoms with Gasteiger partial charge in [-0.05, 0) is 6.42 Å². The van der Waals surface area contributed by atoms with Crippen LogP contribution in [0, 0.1) is 0 Å². The Balaban J connectivity index is 3.87. The van der Waals surface area contributed by atoms with Crippen molar-refractivity contribution in [2.24, 2.45) is 0 Å². The van der Waals surface area contributed by atoms with E-state index in [0.717, 1.165) is 12.8 Å². The summed E-state index contributed by atoms with van der Waals surface area (Å²) in [6, 6.07) is 0. The van der Waals surface area contributed by atoms with Gasteiger partial charge in [0.05, 0.1) is 5.94 Å². The molecule has 0 saturated carbocycles. The Bertz CT molecular complexity index is 155. The molecule has 0 fully saturated rings. The van der Waals surface area contributed by atoms with Gasteiger partial charge < -0.3 is 5.32 Å². The van der Waals surface area contributed by atoms with Gasteiger partial charge in [0, 0.05) is 6.42 Å². The average molecular weight is 191 g/mol. The molecule has 1 atom stereocenters. The van der Waals surface area contributed by atoms with E-state index < -0.39 is 13.2 Å². The smallest absolute Gasteiger partial charge is 0.354 e. The van der Waals surface area contributed by atoms with E-state index in [9.17, 15) is 13.4 Å². The summed E-state index contributed by atoms with van der Waals surface area (Å²) in [6.45, 7) is 3.59. The first-order valence-electron chi connectivity index (χ1n) is 4.69. The Hall–Kier alpha value is -0.605. The SMILES string of the molecule is CCCCC(NC(=O)CC)B(F)F. The predicted molar refractivity (Wildman–Crippen MR) is 49.7 cm³/mol. The van der Waals surface area contributed by atoms with Crippen molar-refractivity contribution in [3.05, 3.63) is 0 Å². The van der Waals surface area contributed by atoms with Gasteiger partial charge in [-0.25, -0.2) is 0 Å². The lowest BCUT2D eigenvalue weighted by Gasteiger charge is -2.14. The van der Waals surface area contributed by atoms with Crippen LogP contribution in [0.3, 0.4) is 0 Å². The summed E-state index contributed by atoms with van der Waals surface area (Å²) in [7, 11) is -2.46. The van der Waals surface area contributed by atoms with E-state index in [1.54, 1.807) is 6.92 Å². The van der Waals surface area contributed by atoms with Gasteiger partial charge in [-0.15, -0.1) is 0 Å². The number of unbranched alkanes of at least 4 members (excludes halogenated alkanes) is 1. The molecule has 0 bridgehead atoms. The molecule has 0 aliphatic rings. The number of hydrogen-bond donors (Lipinski definition) is 1. The maximum atomic E-state index is 12.3. The van der Waals surface area contributed by atoms with Gasteiger partial charge >= 0.3 is 7.27 Å². The van der Waals surface area contributed by atoms with Gasteiger partial charge in [0.25, 0.3) is 0 Å². The van der Waals surface area contributed by atoms with Crippen molar-refractivity contribution in [1.82, 2.24) is 5.32 Å². The number of amides is 1. The highest BCUT2D eigenvalue weighted by Gasteiger charge is 2.27. The standard InChI is InChI=1S/C8H16BF2NO/c1-3-5-6-7(9(10)11)12-8(13)4-2/h7H,3-6H2,1-2H3,(H,12,13). The Kier molecular flexibility index (Phi) is 6.54. The lowest BCUT2D eigenvalue weighted by atomic mass is 9.82. The highest BCUT2D eigenvalue weighted by Crippen LogP contribution is 2.06. The Labute approximate surface area is 78.3 Å². The summed E-state index contributed by atoms with van der Waals surface area (Å²) < 4.78 is 24.6. The normalized spacial score (nSPS) is 12.3. The summed E-state index contributed by atoms with van der Waals surface area (Å²) in [4.78, 5) is 10.8. The van der Waals surface area contributed by atoms with E-state index in [1.165, 1.54) is 0 Å². The molecule has 76 valence electrons. The number of rotatable bonds is 6. The lowest BCUT2D eigenvalue weighted by Crippen LogP contribution is -2.42. The van der Waals surface area contributed by atoms with Crippen molar-refractivity contribution in [3.8, 4) is 0 Å². The minimum Gasteiger partial charge on any atom is -0.354 e. The predicted octanol–water partition coefficient (Wildman–Crippen LogP) is 2.04. The van der Waals surface area contributed by atoms with E-state index >= 15 is 0 Å². The summed E-state index contributed by atoms with van der Waals surface area (Å²) >= 11 is 0. The summed E-state index contributed by atoms with van der Waals surface area (Å²) in [5, 5.41) is 2.31. The molecule has 0 heterocycles. The molecule has 5 heteroatoms. The average Bonchev–Trinajstić information content (AvgIpc) is 2.11. The van der Waals surface area contributed by atoms with Crippen LogP contribution in [0.4, 0.5) is 8.63 Å². The van der Waals surface area contributed by atoms with Crippen molar-refractivity contribution in [2.75, 3.05) is 0 Å². The van der Waals surface area contributed by atoms with E-state index in [0.29, 0.717) is 6.42 Å². The van der Waals surface area contributed by atoms with Crippen LogP contribution >= 0.6 is 0 Å². The molecular formula is C8H16BF2NO. The van der Waals surface area contributed by atoms with Crippen LogP contribution in [0.15, 0.2) is 0 Å². The molecule has 0 aromatic rings. The molecule has 1 N–H and O–H groups in total. The second-order valence-electron chi connectivity index (χ2n) is 3.00. The summed E-state index contributed by atoms with van der Waals surface area (Å²) in [6.07, 6.45) is 2.21. The molecular weight excluding hydrogens is 175 g/mol. The number of halogens is 2. The number of carbonyl (C=O) groups excluding carboxylic acids is 1. The minimum absolute atomic E-state index is 0.259. The van der Waals surface area contributed by atoms with Gasteiger partial charge in [-0.3, -0.25) is 13.4 Å². The van der Waals surface area contributed by atoms with Gasteiger partial charge in [0.1, 0.15) is 0 Å². The van der Waals surface area contributed by atoms with Crippen LogP contribution in [0.1, 0.15) is 39.5 Å². The Morgan fingerprint density at radius 1 is 1.46 bits per heavy atom. The van der Waals surface area contributed by atoms with Crippen molar-refractivity contribution >= 4 is 13.2 Å². The first-order chi connectivity index (χ1) is 6.11. The molecule has 0 radical (unpaired) electrons. The van der Waals surface area contributed by atoms with E-state index in [1.807, 2.05) is 6.92 Å². The van der Waals surface area contributed by atoms with E-state index in [4.69, 9.17) is 0 Å². The van der Waals surface area contributed by atoms with Gasteiger partial charge in [0.2, 0.25) is 5.91 Å². The molecule has 1 unspecified atom stereocenters. The highest BCUT2D eigenvalue weighted by atomic mass is 19.2. The van der Waals surface area contributed by atoms with Crippen molar-refractivity contribution in [3.63, 3.8) is 0 Å². The first-order valence-corrected chi connectivity index (χ1v) is 4.69. The third-order valence-corrected chi connectivity index (χ3v) is 1.84. The minimum atomic E-state index is -2.46. The largest absolute Gasteiger partial charge is 0.559 e. The zero-order chi connectivity index (χ0) is 10.3. The molecule has 1 amide bonds. The van der Waals surface area contributed by atoms with Crippen molar-refractivity contribution in [2.45, 2.75) is 45.5 Å². The van der Waals surface area contributed by atoms with Crippen LogP contribution in [0.25, 0.3) is 0 Å². The third-order valence-electron chi connectivity index (χ3n) is 1.84. The van der Waals surface area contributed by atoms with Gasteiger partial charge in [-0.1, -0.05) is 26.7 Å². The molecule has 2 nitrogen and oxygen atoms in total. The molecule has 0 spiro atoms. The number of carbonyl (C=O) groups is 1. The van der Waals surface area contributed by atoms with Crippen LogP contribution in [0.2, 0.25) is 0 Å². The quantitative estimate of drug-likeness (QED) is 0.639. The van der Waals surface area contributed by atoms with E-state index in [2.05, 4.69) is 5.32 Å². The fourth-order valence-electron chi connectivity index (χ4n) is 0.994. The molecule has 0 saturated heterocycles. The van der Waals surface area contributed by atoms with Crippen LogP contribution in [-0.2, 0) is 4.79 Å². The zero-order valence-electron chi connectivity index (χ0n) is 8.15. The summed E-state index contributed by atoms with van der Waals surface area (Å²) in [5.74, 6) is -1.27. The van der Waals surface area contributed by atoms with Crippen molar-refractivity contribution in [1.29, 1.82) is 0 Å². The van der Waals surface area contributed by atoms with Crippen molar-refractivity contribution < 1.29 is 13.4 Å². The molecule has 0 rings (SSSR count). The van der Waals surface area contributed by atoms with Crippen LogP contribution in [0.5, 0.6) is 0 Å². The third kappa shape index (κ3) is 5.61. The Morgan fingerprint density at radius 3 is 2.46 bits per heavy atom. The summed E-state index contributed by atoms with van der Waals surface area (Å²) in [5.41, 5.74) is 0. The van der Waals surface area contributed by atoms with E-state index in [-0.39, 0.29) is 12.3 Å². The fourth-order valence-corrected chi connectivity index (χ4v) is 0.994. The monoisotopic (exact) mass is 191 g/mol. The Morgan fingerprint density at radius 2 is 2.08 bits per heavy atom. The first kappa shape index (κ1) is 12.4. The maximum Gasteiger partial charge on any atom is 0.559 e. The van der Waals surface area contributed by atoms with Gasteiger partial charge in [0.15, 0.2) is 0 Å². The molecule has 0 aliphatic carbocycles. The molecule has 0 aromatic carbocycles. The molecule has 0 aliphatic heterocycles. The zero-order valence-corrected chi connectivity index (χ0v) is 8.15.